The van der Waals surface area contributed by atoms with Crippen LogP contribution in [0.1, 0.15) is 79.1 Å². The fraction of sp³-hybridized carbons (Fsp3) is 0.750. The van der Waals surface area contributed by atoms with Gasteiger partial charge in [-0.15, -0.1) is 0 Å². The van der Waals surface area contributed by atoms with Crippen LogP contribution in [0.25, 0.3) is 0 Å². The molecule has 0 aromatic carbocycles. The molecule has 22 heavy (non-hydrogen) atoms. The molecule has 0 bridgehead atoms. The Morgan fingerprint density at radius 3 is 0.818 bits per heavy atom. The van der Waals surface area contributed by atoms with Crippen LogP contribution in [0.3, 0.4) is 0 Å². The van der Waals surface area contributed by atoms with Gasteiger partial charge in [0.25, 0.3) is 0 Å². The molecule has 0 fully saturated rings. The third-order valence-electron chi connectivity index (χ3n) is 2.27. The van der Waals surface area contributed by atoms with Crippen LogP contribution in [0.4, 0.5) is 0 Å². The van der Waals surface area contributed by atoms with E-state index in [4.69, 9.17) is 0 Å². The van der Waals surface area contributed by atoms with E-state index in [1.165, 1.54) is 0 Å². The standard InChI is InChI=1S/2C8H14O3/c2*1-3-5-7(9)11-8(10)6-4-2/h2*3-6H2,1-2H3. The van der Waals surface area contributed by atoms with E-state index >= 15 is 0 Å². The minimum Gasteiger partial charge on any atom is -0.393 e. The van der Waals surface area contributed by atoms with Crippen molar-refractivity contribution in [3.8, 4) is 0 Å². The van der Waals surface area contributed by atoms with Crippen molar-refractivity contribution in [2.45, 2.75) is 79.1 Å². The molecule has 0 rings (SSSR count). The van der Waals surface area contributed by atoms with Crippen LogP contribution in [0, 0.1) is 0 Å². The molecule has 0 aromatic rings. The number of rotatable bonds is 8. The Morgan fingerprint density at radius 1 is 0.500 bits per heavy atom. The van der Waals surface area contributed by atoms with E-state index in [0.29, 0.717) is 25.7 Å². The summed E-state index contributed by atoms with van der Waals surface area (Å²) in [5.41, 5.74) is 0. The van der Waals surface area contributed by atoms with Gasteiger partial charge in [0.05, 0.1) is 0 Å². The first-order chi connectivity index (χ1) is 10.4. The van der Waals surface area contributed by atoms with Gasteiger partial charge in [-0.2, -0.15) is 0 Å². The molecule has 0 aliphatic heterocycles. The van der Waals surface area contributed by atoms with Gasteiger partial charge >= 0.3 is 23.9 Å². The average molecular weight is 316 g/mol. The van der Waals surface area contributed by atoms with Gasteiger partial charge < -0.3 is 9.47 Å². The molecular weight excluding hydrogens is 288 g/mol. The van der Waals surface area contributed by atoms with Crippen molar-refractivity contribution in [2.24, 2.45) is 0 Å². The van der Waals surface area contributed by atoms with Crippen LogP contribution < -0.4 is 0 Å². The molecular formula is C16H28O6. The highest BCUT2D eigenvalue weighted by Crippen LogP contribution is 1.96. The highest BCUT2D eigenvalue weighted by molar-refractivity contribution is 5.85. The molecule has 0 atom stereocenters. The Morgan fingerprint density at radius 2 is 0.682 bits per heavy atom. The minimum atomic E-state index is -0.411. The van der Waals surface area contributed by atoms with E-state index < -0.39 is 23.9 Å². The van der Waals surface area contributed by atoms with Gasteiger partial charge in [-0.3, -0.25) is 19.2 Å². The Bertz CT molecular complexity index is 283. The number of ether oxygens (including phenoxy) is 2. The second-order valence-corrected chi connectivity index (χ2v) is 4.69. The monoisotopic (exact) mass is 316 g/mol. The molecule has 6 nitrogen and oxygen atoms in total. The lowest BCUT2D eigenvalue weighted by Gasteiger charge is -1.98. The predicted molar refractivity (Wildman–Crippen MR) is 81.8 cm³/mol. The van der Waals surface area contributed by atoms with Gasteiger partial charge in [0.2, 0.25) is 0 Å². The van der Waals surface area contributed by atoms with Crippen molar-refractivity contribution in [3.63, 3.8) is 0 Å². The molecule has 0 unspecified atom stereocenters. The first-order valence-electron chi connectivity index (χ1n) is 7.88. The van der Waals surface area contributed by atoms with E-state index in [0.717, 1.165) is 25.7 Å². The molecule has 0 aliphatic rings. The van der Waals surface area contributed by atoms with Gasteiger partial charge in [-0.05, 0) is 25.7 Å². The van der Waals surface area contributed by atoms with Crippen molar-refractivity contribution in [2.75, 3.05) is 0 Å². The summed E-state index contributed by atoms with van der Waals surface area (Å²) in [5, 5.41) is 0. The van der Waals surface area contributed by atoms with Crippen molar-refractivity contribution < 1.29 is 28.7 Å². The smallest absolute Gasteiger partial charge is 0.313 e. The summed E-state index contributed by atoms with van der Waals surface area (Å²) in [4.78, 5) is 42.7. The molecule has 0 aliphatic carbocycles. The van der Waals surface area contributed by atoms with Gasteiger partial charge in [0.15, 0.2) is 0 Å². The topological polar surface area (TPSA) is 86.7 Å². The molecule has 128 valence electrons. The van der Waals surface area contributed by atoms with E-state index in [2.05, 4.69) is 9.47 Å². The third kappa shape index (κ3) is 16.3. The summed E-state index contributed by atoms with van der Waals surface area (Å²) in [6.45, 7) is 7.47. The van der Waals surface area contributed by atoms with Crippen LogP contribution in [0.2, 0.25) is 0 Å². The summed E-state index contributed by atoms with van der Waals surface area (Å²) in [6.07, 6.45) is 4.20. The maximum absolute atomic E-state index is 10.7. The molecule has 6 heteroatoms. The molecule has 0 heterocycles. The van der Waals surface area contributed by atoms with Gasteiger partial charge in [0.1, 0.15) is 0 Å². The third-order valence-corrected chi connectivity index (χ3v) is 2.27. The van der Waals surface area contributed by atoms with Crippen molar-refractivity contribution in [1.29, 1.82) is 0 Å². The fourth-order valence-electron chi connectivity index (χ4n) is 1.27. The fourth-order valence-corrected chi connectivity index (χ4v) is 1.27. The van der Waals surface area contributed by atoms with Gasteiger partial charge in [-0.25, -0.2) is 0 Å². The molecule has 0 amide bonds. The Kier molecular flexibility index (Phi) is 16.1. The van der Waals surface area contributed by atoms with E-state index in [1.807, 2.05) is 27.7 Å². The Hall–Kier alpha value is -1.72. The number of carbonyl (C=O) groups is 4. The number of esters is 4. The van der Waals surface area contributed by atoms with E-state index in [9.17, 15) is 19.2 Å². The molecule has 0 saturated carbocycles. The molecule has 0 N–H and O–H groups in total. The number of carbonyl (C=O) groups excluding carboxylic acids is 4. The lowest BCUT2D eigenvalue weighted by atomic mass is 10.3. The van der Waals surface area contributed by atoms with Crippen molar-refractivity contribution >= 4 is 23.9 Å². The second kappa shape index (κ2) is 15.7. The average Bonchev–Trinajstić information content (AvgIpc) is 2.40. The zero-order chi connectivity index (χ0) is 17.4. The van der Waals surface area contributed by atoms with Crippen LogP contribution >= 0.6 is 0 Å². The SMILES string of the molecule is CCCC(=O)OC(=O)CCC.CCCC(=O)OC(=O)CCC. The molecule has 0 aromatic heterocycles. The molecule has 0 spiro atoms. The zero-order valence-corrected chi connectivity index (χ0v) is 14.1. The highest BCUT2D eigenvalue weighted by atomic mass is 16.6. The predicted octanol–water partition coefficient (Wildman–Crippen LogP) is 3.31. The second-order valence-electron chi connectivity index (χ2n) is 4.69. The maximum Gasteiger partial charge on any atom is 0.313 e. The zero-order valence-electron chi connectivity index (χ0n) is 14.1. The largest absolute Gasteiger partial charge is 0.393 e. The van der Waals surface area contributed by atoms with Crippen LogP contribution in [-0.4, -0.2) is 23.9 Å². The normalized spacial score (nSPS) is 9.27. The van der Waals surface area contributed by atoms with Crippen LogP contribution in [-0.2, 0) is 28.7 Å². The van der Waals surface area contributed by atoms with Crippen molar-refractivity contribution in [3.05, 3.63) is 0 Å². The Balaban J connectivity index is 0. The minimum absolute atomic E-state index is 0.329. The molecule has 0 radical (unpaired) electrons. The first kappa shape index (κ1) is 22.6. The van der Waals surface area contributed by atoms with E-state index in [1.54, 1.807) is 0 Å². The number of hydrogen-bond acceptors (Lipinski definition) is 6. The summed E-state index contributed by atoms with van der Waals surface area (Å²) in [6, 6.07) is 0. The van der Waals surface area contributed by atoms with Gasteiger partial charge in [0, 0.05) is 25.7 Å². The van der Waals surface area contributed by atoms with Crippen LogP contribution in [0.15, 0.2) is 0 Å². The number of hydrogen-bond donors (Lipinski definition) is 0. The lowest BCUT2D eigenvalue weighted by Crippen LogP contribution is -2.10. The van der Waals surface area contributed by atoms with Crippen molar-refractivity contribution in [1.82, 2.24) is 0 Å². The summed E-state index contributed by atoms with van der Waals surface area (Å²) in [7, 11) is 0. The Labute approximate surface area is 132 Å². The highest BCUT2D eigenvalue weighted by Gasteiger charge is 2.07. The maximum atomic E-state index is 10.7. The summed E-state index contributed by atoms with van der Waals surface area (Å²) < 4.78 is 8.91. The summed E-state index contributed by atoms with van der Waals surface area (Å²) >= 11 is 0. The molecule has 0 saturated heterocycles. The van der Waals surface area contributed by atoms with Gasteiger partial charge in [-0.1, -0.05) is 27.7 Å². The summed E-state index contributed by atoms with van der Waals surface area (Å²) in [5.74, 6) is -1.64. The van der Waals surface area contributed by atoms with Crippen LogP contribution in [0.5, 0.6) is 0 Å². The first-order valence-corrected chi connectivity index (χ1v) is 7.88. The van der Waals surface area contributed by atoms with E-state index in [-0.39, 0.29) is 0 Å². The quantitative estimate of drug-likeness (QED) is 0.504. The lowest BCUT2D eigenvalue weighted by molar-refractivity contribution is -0.161.